The number of amides is 1. The van der Waals surface area contributed by atoms with E-state index in [1.165, 1.54) is 11.1 Å². The predicted molar refractivity (Wildman–Crippen MR) is 115 cm³/mol. The number of carbonyl (C=O) groups is 1. The molecule has 1 amide bonds. The first-order chi connectivity index (χ1) is 14.1. The molecule has 0 radical (unpaired) electrons. The highest BCUT2D eigenvalue weighted by Gasteiger charge is 2.60. The molecule has 1 fully saturated rings. The van der Waals surface area contributed by atoms with Crippen LogP contribution < -0.4 is 10.2 Å². The van der Waals surface area contributed by atoms with Gasteiger partial charge in [0.15, 0.2) is 0 Å². The zero-order valence-electron chi connectivity index (χ0n) is 16.6. The van der Waals surface area contributed by atoms with Gasteiger partial charge >= 0.3 is 0 Å². The van der Waals surface area contributed by atoms with Gasteiger partial charge in [0.1, 0.15) is 5.75 Å². The van der Waals surface area contributed by atoms with E-state index in [9.17, 15) is 4.79 Å². The van der Waals surface area contributed by atoms with Gasteiger partial charge in [0.05, 0.1) is 18.7 Å². The third-order valence-electron chi connectivity index (χ3n) is 5.70. The highest BCUT2D eigenvalue weighted by molar-refractivity contribution is 5.99. The van der Waals surface area contributed by atoms with E-state index in [2.05, 4.69) is 34.8 Å². The number of hydrazone groups is 1. The maximum absolute atomic E-state index is 13.0. The molecule has 0 bridgehead atoms. The van der Waals surface area contributed by atoms with E-state index in [0.29, 0.717) is 0 Å². The van der Waals surface area contributed by atoms with E-state index >= 15 is 0 Å². The molecule has 3 aromatic rings. The molecule has 1 aliphatic carbocycles. The molecule has 0 aromatic heterocycles. The van der Waals surface area contributed by atoms with Gasteiger partial charge in [0.25, 0.3) is 0 Å². The topological polar surface area (TPSA) is 50.7 Å². The molecule has 146 valence electrons. The molecule has 0 heterocycles. The summed E-state index contributed by atoms with van der Waals surface area (Å²) in [5.74, 6) is 0.601. The Morgan fingerprint density at radius 2 is 1.48 bits per heavy atom. The molecule has 0 saturated heterocycles. The van der Waals surface area contributed by atoms with Crippen LogP contribution in [-0.4, -0.2) is 18.7 Å². The van der Waals surface area contributed by atoms with Crippen LogP contribution in [0.4, 0.5) is 0 Å². The van der Waals surface area contributed by atoms with Crippen LogP contribution in [0.15, 0.2) is 90.0 Å². The lowest BCUT2D eigenvalue weighted by molar-refractivity contribution is -0.122. The maximum Gasteiger partial charge on any atom is 0.244 e. The van der Waals surface area contributed by atoms with Crippen molar-refractivity contribution in [1.29, 1.82) is 0 Å². The Labute approximate surface area is 171 Å². The minimum Gasteiger partial charge on any atom is -0.497 e. The van der Waals surface area contributed by atoms with Gasteiger partial charge < -0.3 is 4.74 Å². The van der Waals surface area contributed by atoms with E-state index in [-0.39, 0.29) is 17.2 Å². The molecule has 1 saturated carbocycles. The lowest BCUT2D eigenvalue weighted by atomic mass is 9.85. The number of methoxy groups -OCH3 is 1. The lowest BCUT2D eigenvalue weighted by Gasteiger charge is -2.18. The SMILES string of the molecule is COc1ccc(C(C)=NNC(=O)[C@@H]2CC2(c2ccccc2)c2ccccc2)cc1. The largest absolute Gasteiger partial charge is 0.497 e. The van der Waals surface area contributed by atoms with Gasteiger partial charge in [-0.15, -0.1) is 0 Å². The molecule has 4 nitrogen and oxygen atoms in total. The van der Waals surface area contributed by atoms with Crippen LogP contribution in [0.3, 0.4) is 0 Å². The summed E-state index contributed by atoms with van der Waals surface area (Å²) in [7, 11) is 1.64. The monoisotopic (exact) mass is 384 g/mol. The van der Waals surface area contributed by atoms with Gasteiger partial charge in [-0.25, -0.2) is 5.43 Å². The van der Waals surface area contributed by atoms with Gasteiger partial charge in [-0.3, -0.25) is 4.79 Å². The number of nitrogens with zero attached hydrogens (tertiary/aromatic N) is 1. The second-order valence-electron chi connectivity index (χ2n) is 7.36. The zero-order valence-corrected chi connectivity index (χ0v) is 16.6. The summed E-state index contributed by atoms with van der Waals surface area (Å²) in [5.41, 5.74) is 6.54. The average molecular weight is 384 g/mol. The van der Waals surface area contributed by atoms with Crippen molar-refractivity contribution in [3.63, 3.8) is 0 Å². The second-order valence-corrected chi connectivity index (χ2v) is 7.36. The molecule has 29 heavy (non-hydrogen) atoms. The van der Waals surface area contributed by atoms with Gasteiger partial charge in [0.2, 0.25) is 5.91 Å². The molecular weight excluding hydrogens is 360 g/mol. The van der Waals surface area contributed by atoms with Crippen molar-refractivity contribution in [2.75, 3.05) is 7.11 Å². The summed E-state index contributed by atoms with van der Waals surface area (Å²) >= 11 is 0. The van der Waals surface area contributed by atoms with E-state index < -0.39 is 0 Å². The zero-order chi connectivity index (χ0) is 20.3. The van der Waals surface area contributed by atoms with E-state index in [0.717, 1.165) is 23.4 Å². The van der Waals surface area contributed by atoms with Gasteiger partial charge in [-0.05, 0) is 54.3 Å². The van der Waals surface area contributed by atoms with Crippen molar-refractivity contribution in [1.82, 2.24) is 5.43 Å². The molecule has 0 unspecified atom stereocenters. The Kier molecular flexibility index (Phi) is 5.17. The number of ether oxygens (including phenoxy) is 1. The number of carbonyl (C=O) groups excluding carboxylic acids is 1. The van der Waals surface area contributed by atoms with Gasteiger partial charge in [-0.1, -0.05) is 60.7 Å². The Morgan fingerprint density at radius 3 is 2.00 bits per heavy atom. The van der Waals surface area contributed by atoms with E-state index in [4.69, 9.17) is 4.74 Å². The molecule has 1 aliphatic rings. The average Bonchev–Trinajstić information content (AvgIpc) is 3.56. The van der Waals surface area contributed by atoms with Crippen LogP contribution in [-0.2, 0) is 10.2 Å². The molecule has 0 spiro atoms. The molecule has 4 heteroatoms. The van der Waals surface area contributed by atoms with E-state index in [1.807, 2.05) is 67.6 Å². The minimum absolute atomic E-state index is 0.0504. The summed E-state index contributed by atoms with van der Waals surface area (Å²) < 4.78 is 5.18. The minimum atomic E-state index is -0.282. The Morgan fingerprint density at radius 1 is 0.931 bits per heavy atom. The summed E-state index contributed by atoms with van der Waals surface area (Å²) in [4.78, 5) is 13.0. The van der Waals surface area contributed by atoms with Crippen LogP contribution >= 0.6 is 0 Å². The van der Waals surface area contributed by atoms with Crippen molar-refractivity contribution < 1.29 is 9.53 Å². The summed E-state index contributed by atoms with van der Waals surface area (Å²) in [5, 5.41) is 4.34. The quantitative estimate of drug-likeness (QED) is 0.501. The van der Waals surface area contributed by atoms with Crippen LogP contribution in [0.25, 0.3) is 0 Å². The number of hydrogen-bond donors (Lipinski definition) is 1. The Bertz CT molecular complexity index is 972. The van der Waals surface area contributed by atoms with Crippen molar-refractivity contribution in [2.45, 2.75) is 18.8 Å². The first-order valence-corrected chi connectivity index (χ1v) is 9.75. The Balaban J connectivity index is 1.54. The molecule has 3 aromatic carbocycles. The fourth-order valence-electron chi connectivity index (χ4n) is 3.97. The molecule has 1 atom stereocenters. The smallest absolute Gasteiger partial charge is 0.244 e. The first kappa shape index (κ1) is 18.9. The predicted octanol–water partition coefficient (Wildman–Crippen LogP) is 4.54. The highest BCUT2D eigenvalue weighted by Crippen LogP contribution is 2.58. The molecule has 0 aliphatic heterocycles. The lowest BCUT2D eigenvalue weighted by Crippen LogP contribution is -2.26. The van der Waals surface area contributed by atoms with Crippen LogP contribution in [0.2, 0.25) is 0 Å². The number of rotatable bonds is 6. The number of nitrogens with one attached hydrogen (secondary N) is 1. The van der Waals surface area contributed by atoms with Crippen molar-refractivity contribution in [2.24, 2.45) is 11.0 Å². The Hall–Kier alpha value is -3.40. The molecule has 1 N–H and O–H groups in total. The number of hydrogen-bond acceptors (Lipinski definition) is 3. The standard InChI is InChI=1S/C25H24N2O2/c1-18(19-13-15-22(29-2)16-14-19)26-27-24(28)23-17-25(23,20-9-5-3-6-10-20)21-11-7-4-8-12-21/h3-16,23H,17H2,1-2H3,(H,27,28)/t23-/m0/s1. The summed E-state index contributed by atoms with van der Waals surface area (Å²) in [6, 6.07) is 28.1. The molecular formula is C25H24N2O2. The van der Waals surface area contributed by atoms with Crippen LogP contribution in [0.5, 0.6) is 5.75 Å². The van der Waals surface area contributed by atoms with Crippen LogP contribution in [0.1, 0.15) is 30.0 Å². The van der Waals surface area contributed by atoms with E-state index in [1.54, 1.807) is 7.11 Å². The summed E-state index contributed by atoms with van der Waals surface area (Å²) in [6.45, 7) is 1.89. The van der Waals surface area contributed by atoms with Crippen molar-refractivity contribution in [3.8, 4) is 5.75 Å². The van der Waals surface area contributed by atoms with Gasteiger partial charge in [0, 0.05) is 5.41 Å². The highest BCUT2D eigenvalue weighted by atomic mass is 16.5. The maximum atomic E-state index is 13.0. The first-order valence-electron chi connectivity index (χ1n) is 9.75. The molecule has 4 rings (SSSR count). The third-order valence-corrected chi connectivity index (χ3v) is 5.70. The second kappa shape index (κ2) is 7.92. The van der Waals surface area contributed by atoms with Crippen molar-refractivity contribution in [3.05, 3.63) is 102 Å². The van der Waals surface area contributed by atoms with Crippen LogP contribution in [0, 0.1) is 5.92 Å². The van der Waals surface area contributed by atoms with Crippen molar-refractivity contribution >= 4 is 11.6 Å². The normalized spacial score (nSPS) is 17.4. The number of benzene rings is 3. The fourth-order valence-corrected chi connectivity index (χ4v) is 3.97. The van der Waals surface area contributed by atoms with Gasteiger partial charge in [-0.2, -0.15) is 5.10 Å². The fraction of sp³-hybridized carbons (Fsp3) is 0.200. The third kappa shape index (κ3) is 3.66. The summed E-state index contributed by atoms with van der Waals surface area (Å²) in [6.07, 6.45) is 0.782.